The van der Waals surface area contributed by atoms with Gasteiger partial charge in [0.2, 0.25) is 0 Å². The highest BCUT2D eigenvalue weighted by Gasteiger charge is 2.61. The zero-order valence-corrected chi connectivity index (χ0v) is 9.96. The van der Waals surface area contributed by atoms with Crippen molar-refractivity contribution >= 4 is 5.97 Å². The minimum Gasteiger partial charge on any atom is -0.480 e. The Morgan fingerprint density at radius 2 is 2.41 bits per heavy atom. The van der Waals surface area contributed by atoms with Crippen molar-refractivity contribution in [3.05, 3.63) is 18.2 Å². The standard InChI is InChI=1S/C12H17N3O2/c1-2-14-4-3-13-10(14)8-15-7-9-5-12(15,6-9)11(16)17/h3-4,9H,2,5-8H2,1H3,(H,16,17). The van der Waals surface area contributed by atoms with E-state index < -0.39 is 11.5 Å². The summed E-state index contributed by atoms with van der Waals surface area (Å²) in [4.78, 5) is 17.8. The molecule has 0 spiro atoms. The summed E-state index contributed by atoms with van der Waals surface area (Å²) in [5.74, 6) is 0.887. The first-order valence-corrected chi connectivity index (χ1v) is 6.14. The molecule has 1 aromatic heterocycles. The van der Waals surface area contributed by atoms with Crippen molar-refractivity contribution in [1.82, 2.24) is 14.5 Å². The molecule has 1 aliphatic carbocycles. The zero-order valence-electron chi connectivity index (χ0n) is 9.96. The molecule has 1 aromatic rings. The quantitative estimate of drug-likeness (QED) is 0.844. The van der Waals surface area contributed by atoms with Gasteiger partial charge in [-0.3, -0.25) is 9.69 Å². The molecule has 3 heterocycles. The fourth-order valence-corrected chi connectivity index (χ4v) is 3.25. The zero-order chi connectivity index (χ0) is 12.0. The molecule has 0 radical (unpaired) electrons. The Kier molecular flexibility index (Phi) is 2.26. The Morgan fingerprint density at radius 1 is 1.65 bits per heavy atom. The maximum atomic E-state index is 11.4. The van der Waals surface area contributed by atoms with E-state index in [1.807, 2.05) is 6.20 Å². The van der Waals surface area contributed by atoms with Crippen LogP contribution in [0.1, 0.15) is 25.6 Å². The van der Waals surface area contributed by atoms with Crippen LogP contribution in [-0.4, -0.2) is 37.6 Å². The van der Waals surface area contributed by atoms with Crippen LogP contribution in [-0.2, 0) is 17.9 Å². The molecule has 2 bridgehead atoms. The van der Waals surface area contributed by atoms with Crippen molar-refractivity contribution < 1.29 is 9.90 Å². The second-order valence-electron chi connectivity index (χ2n) is 5.12. The molecule has 3 aliphatic rings. The number of carboxylic acid groups (broad SMARTS) is 1. The molecule has 0 atom stereocenters. The third kappa shape index (κ3) is 1.42. The van der Waals surface area contributed by atoms with Crippen molar-refractivity contribution in [2.24, 2.45) is 5.92 Å². The van der Waals surface area contributed by atoms with Crippen molar-refractivity contribution in [3.8, 4) is 0 Å². The van der Waals surface area contributed by atoms with Gasteiger partial charge in [-0.25, -0.2) is 4.98 Å². The van der Waals surface area contributed by atoms with Crippen LogP contribution >= 0.6 is 0 Å². The van der Waals surface area contributed by atoms with Crippen molar-refractivity contribution in [2.75, 3.05) is 6.54 Å². The molecule has 2 aliphatic heterocycles. The predicted octanol–water partition coefficient (Wildman–Crippen LogP) is 0.952. The first-order chi connectivity index (χ1) is 8.15. The van der Waals surface area contributed by atoms with Crippen LogP contribution in [0.3, 0.4) is 0 Å². The maximum absolute atomic E-state index is 11.4. The Hall–Kier alpha value is -1.36. The van der Waals surface area contributed by atoms with E-state index >= 15 is 0 Å². The molecule has 2 saturated heterocycles. The molecule has 1 N–H and O–H groups in total. The van der Waals surface area contributed by atoms with Gasteiger partial charge < -0.3 is 9.67 Å². The number of hydrogen-bond donors (Lipinski definition) is 1. The summed E-state index contributed by atoms with van der Waals surface area (Å²) in [6.45, 7) is 4.52. The number of aliphatic carboxylic acids is 1. The highest BCUT2D eigenvalue weighted by Crippen LogP contribution is 2.51. The van der Waals surface area contributed by atoms with E-state index in [0.29, 0.717) is 12.5 Å². The number of fused-ring (bicyclic) bond motifs is 1. The number of aryl methyl sites for hydroxylation is 1. The van der Waals surface area contributed by atoms with Crippen LogP contribution in [0.25, 0.3) is 0 Å². The highest BCUT2D eigenvalue weighted by atomic mass is 16.4. The molecule has 5 nitrogen and oxygen atoms in total. The van der Waals surface area contributed by atoms with Crippen LogP contribution in [0.5, 0.6) is 0 Å². The second kappa shape index (κ2) is 3.57. The van der Waals surface area contributed by atoms with Gasteiger partial charge in [0, 0.05) is 25.5 Å². The van der Waals surface area contributed by atoms with Crippen LogP contribution < -0.4 is 0 Å². The maximum Gasteiger partial charge on any atom is 0.324 e. The van der Waals surface area contributed by atoms with E-state index in [4.69, 9.17) is 0 Å². The molecule has 0 aromatic carbocycles. The summed E-state index contributed by atoms with van der Waals surface area (Å²) in [5.41, 5.74) is -0.588. The number of imidazole rings is 1. The Balaban J connectivity index is 1.80. The minimum atomic E-state index is -0.666. The molecule has 92 valence electrons. The third-order valence-corrected chi connectivity index (χ3v) is 4.21. The molecule has 4 rings (SSSR count). The smallest absolute Gasteiger partial charge is 0.324 e. The Morgan fingerprint density at radius 3 is 3.06 bits per heavy atom. The average molecular weight is 235 g/mol. The first-order valence-electron chi connectivity index (χ1n) is 6.14. The fourth-order valence-electron chi connectivity index (χ4n) is 3.25. The Labute approximate surface area is 100 Å². The summed E-state index contributed by atoms with van der Waals surface area (Å²) >= 11 is 0. The largest absolute Gasteiger partial charge is 0.480 e. The normalized spacial score (nSPS) is 31.5. The van der Waals surface area contributed by atoms with Crippen LogP contribution in [0.2, 0.25) is 0 Å². The fraction of sp³-hybridized carbons (Fsp3) is 0.667. The van der Waals surface area contributed by atoms with E-state index in [9.17, 15) is 9.90 Å². The third-order valence-electron chi connectivity index (χ3n) is 4.21. The van der Waals surface area contributed by atoms with E-state index in [0.717, 1.165) is 31.8 Å². The lowest BCUT2D eigenvalue weighted by atomic mass is 9.73. The summed E-state index contributed by atoms with van der Waals surface area (Å²) < 4.78 is 2.07. The molecule has 1 saturated carbocycles. The molecule has 0 amide bonds. The molecular weight excluding hydrogens is 218 g/mol. The summed E-state index contributed by atoms with van der Waals surface area (Å²) in [6.07, 6.45) is 5.36. The van der Waals surface area contributed by atoms with E-state index in [2.05, 4.69) is 21.4 Å². The summed E-state index contributed by atoms with van der Waals surface area (Å²) in [5, 5.41) is 9.37. The number of carboxylic acids is 1. The molecule has 17 heavy (non-hydrogen) atoms. The van der Waals surface area contributed by atoms with Crippen LogP contribution in [0, 0.1) is 5.92 Å². The molecule has 0 unspecified atom stereocenters. The lowest BCUT2D eigenvalue weighted by molar-refractivity contribution is -0.153. The molecule has 3 fully saturated rings. The average Bonchev–Trinajstić information content (AvgIpc) is 2.88. The Bertz CT molecular complexity index is 448. The molecular formula is C12H17N3O2. The van der Waals surface area contributed by atoms with Crippen molar-refractivity contribution in [1.29, 1.82) is 0 Å². The summed E-state index contributed by atoms with van der Waals surface area (Å²) in [6, 6.07) is 0. The summed E-state index contributed by atoms with van der Waals surface area (Å²) in [7, 11) is 0. The van der Waals surface area contributed by atoms with Gasteiger partial charge in [-0.05, 0) is 25.7 Å². The number of carbonyl (C=O) groups is 1. The van der Waals surface area contributed by atoms with Gasteiger partial charge >= 0.3 is 5.97 Å². The van der Waals surface area contributed by atoms with Gasteiger partial charge in [0.25, 0.3) is 0 Å². The lowest BCUT2D eigenvalue weighted by Crippen LogP contribution is -2.52. The highest BCUT2D eigenvalue weighted by molar-refractivity contribution is 5.81. The predicted molar refractivity (Wildman–Crippen MR) is 61.4 cm³/mol. The van der Waals surface area contributed by atoms with E-state index in [1.54, 1.807) is 6.20 Å². The monoisotopic (exact) mass is 235 g/mol. The van der Waals surface area contributed by atoms with Crippen molar-refractivity contribution in [3.63, 3.8) is 0 Å². The van der Waals surface area contributed by atoms with Gasteiger partial charge in [-0.1, -0.05) is 0 Å². The lowest BCUT2D eigenvalue weighted by Gasteiger charge is -2.37. The molecule has 5 heteroatoms. The van der Waals surface area contributed by atoms with Gasteiger partial charge in [-0.2, -0.15) is 0 Å². The van der Waals surface area contributed by atoms with Gasteiger partial charge in [-0.15, -0.1) is 0 Å². The van der Waals surface area contributed by atoms with E-state index in [1.165, 1.54) is 0 Å². The van der Waals surface area contributed by atoms with E-state index in [-0.39, 0.29) is 0 Å². The van der Waals surface area contributed by atoms with Crippen molar-refractivity contribution in [2.45, 2.75) is 38.4 Å². The first kappa shape index (κ1) is 10.8. The number of rotatable bonds is 4. The number of hydrogen-bond acceptors (Lipinski definition) is 3. The van der Waals surface area contributed by atoms with Crippen LogP contribution in [0.15, 0.2) is 12.4 Å². The van der Waals surface area contributed by atoms with Gasteiger partial charge in [0.05, 0.1) is 6.54 Å². The minimum absolute atomic E-state index is 0.580. The second-order valence-corrected chi connectivity index (χ2v) is 5.12. The van der Waals surface area contributed by atoms with Gasteiger partial charge in [0.1, 0.15) is 11.4 Å². The SMILES string of the molecule is CCn1ccnc1CN1CC2CC1(C(=O)O)C2. The van der Waals surface area contributed by atoms with Gasteiger partial charge in [0.15, 0.2) is 0 Å². The number of aromatic nitrogens is 2. The topological polar surface area (TPSA) is 58.4 Å². The van der Waals surface area contributed by atoms with Crippen LogP contribution in [0.4, 0.5) is 0 Å². The number of nitrogens with zero attached hydrogens (tertiary/aromatic N) is 3.